The number of carboxylic acid groups (broad SMARTS) is 1. The van der Waals surface area contributed by atoms with Gasteiger partial charge in [-0.3, -0.25) is 4.79 Å². The molecule has 3 atom stereocenters. The van der Waals surface area contributed by atoms with E-state index in [1.54, 1.807) is 12.2 Å². The number of allylic oxidation sites excluding steroid dienone is 4. The molecule has 1 aliphatic heterocycles. The zero-order valence-electron chi connectivity index (χ0n) is 29.5. The van der Waals surface area contributed by atoms with Crippen molar-refractivity contribution in [2.75, 3.05) is 20.1 Å². The summed E-state index contributed by atoms with van der Waals surface area (Å²) in [6.07, 6.45) is 13.8. The number of aromatic nitrogens is 3. The maximum absolute atomic E-state index is 12.4. The Morgan fingerprint density at radius 3 is 2.69 bits per heavy atom. The summed E-state index contributed by atoms with van der Waals surface area (Å²) in [5, 5.41) is 56.8. The normalized spacial score (nSPS) is 24.0. The van der Waals surface area contributed by atoms with Crippen molar-refractivity contribution >= 4 is 40.0 Å². The second-order valence-electron chi connectivity index (χ2n) is 14.8. The molecule has 13 heteroatoms. The van der Waals surface area contributed by atoms with Crippen LogP contribution in [0.5, 0.6) is 0 Å². The predicted octanol–water partition coefficient (Wildman–Crippen LogP) is 4.99. The molecule has 0 spiro atoms. The Kier molecular flexibility index (Phi) is 10.9. The van der Waals surface area contributed by atoms with Crippen LogP contribution < -0.4 is 5.32 Å². The van der Waals surface area contributed by atoms with Crippen LogP contribution in [-0.2, 0) is 28.3 Å². The summed E-state index contributed by atoms with van der Waals surface area (Å²) in [5.41, 5.74) is 3.00. The zero-order valence-corrected chi connectivity index (χ0v) is 30.3. The van der Waals surface area contributed by atoms with Crippen LogP contribution in [0, 0.1) is 11.8 Å². The van der Waals surface area contributed by atoms with Crippen molar-refractivity contribution in [3.8, 4) is 0 Å². The van der Waals surface area contributed by atoms with Crippen molar-refractivity contribution in [2.24, 2.45) is 16.8 Å². The number of benzene rings is 1. The van der Waals surface area contributed by atoms with E-state index in [0.29, 0.717) is 23.0 Å². The molecule has 52 heavy (non-hydrogen) atoms. The summed E-state index contributed by atoms with van der Waals surface area (Å²) < 4.78 is 1.95. The minimum absolute atomic E-state index is 0.0579. The number of fused-ring (bicyclic) bond motifs is 2. The van der Waals surface area contributed by atoms with E-state index >= 15 is 0 Å². The monoisotopic (exact) mass is 728 g/mol. The molecule has 2 saturated carbocycles. The fourth-order valence-electron chi connectivity index (χ4n) is 8.66. The lowest BCUT2D eigenvalue weighted by Gasteiger charge is -2.36. The third-order valence-electron chi connectivity index (χ3n) is 11.6. The van der Waals surface area contributed by atoms with Crippen LogP contribution in [0.3, 0.4) is 0 Å². The third kappa shape index (κ3) is 7.29. The molecule has 4 aliphatic rings. The van der Waals surface area contributed by atoms with Gasteiger partial charge in [0.15, 0.2) is 5.60 Å². The highest BCUT2D eigenvalue weighted by Gasteiger charge is 2.49. The first-order valence-corrected chi connectivity index (χ1v) is 19.4. The van der Waals surface area contributed by atoms with Gasteiger partial charge in [0.05, 0.1) is 22.2 Å². The highest BCUT2D eigenvalue weighted by molar-refractivity contribution is 7.10. The van der Waals surface area contributed by atoms with Crippen LogP contribution in [0.2, 0.25) is 0 Å². The summed E-state index contributed by atoms with van der Waals surface area (Å²) in [6.45, 7) is 2.49. The number of aryl methyl sites for hydroxylation is 1. The van der Waals surface area contributed by atoms with E-state index < -0.39 is 29.5 Å². The summed E-state index contributed by atoms with van der Waals surface area (Å²) in [7, 11) is 2.19. The van der Waals surface area contributed by atoms with Crippen LogP contribution in [0.4, 0.5) is 0 Å². The first-order chi connectivity index (χ1) is 25.1. The van der Waals surface area contributed by atoms with E-state index in [4.69, 9.17) is 0 Å². The van der Waals surface area contributed by atoms with Crippen LogP contribution in [0.15, 0.2) is 70.3 Å². The van der Waals surface area contributed by atoms with Crippen molar-refractivity contribution in [2.45, 2.75) is 94.5 Å². The minimum Gasteiger partial charge on any atom is -0.506 e. The highest BCUT2D eigenvalue weighted by atomic mass is 32.1. The Morgan fingerprint density at radius 1 is 1.13 bits per heavy atom. The third-order valence-corrected chi connectivity index (χ3v) is 12.7. The van der Waals surface area contributed by atoms with Gasteiger partial charge < -0.3 is 30.6 Å². The quantitative estimate of drug-likeness (QED) is 0.152. The van der Waals surface area contributed by atoms with Crippen molar-refractivity contribution in [1.82, 2.24) is 25.2 Å². The lowest BCUT2D eigenvalue weighted by Crippen LogP contribution is -2.42. The maximum Gasteiger partial charge on any atom is 0.341 e. The smallest absolute Gasteiger partial charge is 0.341 e. The van der Waals surface area contributed by atoms with Crippen LogP contribution in [-0.4, -0.2) is 90.2 Å². The zero-order chi connectivity index (χ0) is 36.4. The number of thiophene rings is 1. The van der Waals surface area contributed by atoms with Gasteiger partial charge in [0, 0.05) is 43.6 Å². The van der Waals surface area contributed by atoms with Gasteiger partial charge >= 0.3 is 5.97 Å². The lowest BCUT2D eigenvalue weighted by molar-refractivity contribution is -0.166. The van der Waals surface area contributed by atoms with Crippen molar-refractivity contribution in [1.29, 1.82) is 0 Å². The van der Waals surface area contributed by atoms with Gasteiger partial charge in [-0.25, -0.2) is 14.5 Å². The molecule has 1 amide bonds. The average molecular weight is 729 g/mol. The van der Waals surface area contributed by atoms with Gasteiger partial charge in [-0.15, -0.1) is 16.4 Å². The predicted molar refractivity (Wildman–Crippen MR) is 199 cm³/mol. The van der Waals surface area contributed by atoms with Crippen molar-refractivity contribution in [3.63, 3.8) is 0 Å². The molecule has 1 aromatic carbocycles. The molecule has 2 aromatic heterocycles. The standard InChI is InChI=1S/C39H48N6O6S/c1-44(27-10-8-25(9-11-27)28-17-20-52-37(28)39(51,38(49)50)26-5-2-3-6-26)18-4-19-45-32-14-7-24(21-31(32)42-43-45)22-40-23-34(47)29-12-15-33(46)36-30(29)13-16-35(48)41-36/h7,12-17,20-21,25-27,30,34,40,46-47,51H,2-6,8-11,18-19,22-23H2,1H3,(H,49,50)/t25?,27?,30?,34-,39+/m0/s1. The van der Waals surface area contributed by atoms with Crippen LogP contribution in [0.1, 0.15) is 79.7 Å². The summed E-state index contributed by atoms with van der Waals surface area (Å²) >= 11 is 1.41. The number of hydrogen-bond acceptors (Lipinski definition) is 10. The second kappa shape index (κ2) is 15.5. The van der Waals surface area contributed by atoms with Crippen LogP contribution >= 0.6 is 11.3 Å². The summed E-state index contributed by atoms with van der Waals surface area (Å²) in [5.74, 6) is -1.96. The summed E-state index contributed by atoms with van der Waals surface area (Å²) in [6, 6.07) is 8.60. The van der Waals surface area contributed by atoms with E-state index in [1.807, 2.05) is 28.3 Å². The number of aliphatic hydroxyl groups excluding tert-OH is 2. The second-order valence-corrected chi connectivity index (χ2v) is 15.7. The van der Waals surface area contributed by atoms with Crippen LogP contribution in [0.25, 0.3) is 11.0 Å². The Labute approximate surface area is 307 Å². The van der Waals surface area contributed by atoms with E-state index in [1.165, 1.54) is 23.5 Å². The molecule has 12 nitrogen and oxygen atoms in total. The molecule has 2 fully saturated rings. The summed E-state index contributed by atoms with van der Waals surface area (Å²) in [4.78, 5) is 31.1. The number of nitrogens with zero attached hydrogens (tertiary/aromatic N) is 5. The number of carboxylic acids is 1. The van der Waals surface area contributed by atoms with E-state index in [2.05, 4.69) is 38.6 Å². The molecule has 0 bridgehead atoms. The largest absolute Gasteiger partial charge is 0.506 e. The molecule has 1 unspecified atom stereocenters. The van der Waals surface area contributed by atoms with Gasteiger partial charge in [0.25, 0.3) is 5.91 Å². The molecule has 5 N–H and O–H groups in total. The van der Waals surface area contributed by atoms with Gasteiger partial charge in [0.2, 0.25) is 0 Å². The topological polar surface area (TPSA) is 173 Å². The minimum atomic E-state index is -1.78. The fourth-order valence-corrected chi connectivity index (χ4v) is 9.81. The number of nitrogens with one attached hydrogen (secondary N) is 1. The number of aliphatic hydroxyl groups is 3. The Bertz CT molecular complexity index is 1920. The first-order valence-electron chi connectivity index (χ1n) is 18.5. The van der Waals surface area contributed by atoms with E-state index in [-0.39, 0.29) is 29.9 Å². The number of carbonyl (C=O) groups excluding carboxylic acids is 1. The molecule has 3 heterocycles. The van der Waals surface area contributed by atoms with E-state index in [9.17, 15) is 30.0 Å². The Hall–Kier alpha value is -4.01. The van der Waals surface area contributed by atoms with E-state index in [0.717, 1.165) is 93.0 Å². The number of hydrogen-bond donors (Lipinski definition) is 5. The van der Waals surface area contributed by atoms with Gasteiger partial charge in [-0.1, -0.05) is 36.3 Å². The van der Waals surface area contributed by atoms with Crippen molar-refractivity contribution < 1.29 is 30.0 Å². The number of dihydropyridines is 1. The molecule has 7 rings (SSSR count). The number of aliphatic carboxylic acids is 1. The number of rotatable bonds is 14. The number of aliphatic imine (C=N–C) groups is 1. The maximum atomic E-state index is 12.4. The van der Waals surface area contributed by atoms with Crippen molar-refractivity contribution in [3.05, 3.63) is 81.3 Å². The average Bonchev–Trinajstić information content (AvgIpc) is 3.94. The van der Waals surface area contributed by atoms with Gasteiger partial charge in [0.1, 0.15) is 11.3 Å². The van der Waals surface area contributed by atoms with Gasteiger partial charge in [-0.05, 0) is 111 Å². The molecule has 0 saturated heterocycles. The van der Waals surface area contributed by atoms with Gasteiger partial charge in [-0.2, -0.15) is 0 Å². The SMILES string of the molecule is CN(CCCn1nnc2cc(CNC[C@H](O)C3=CC=C(O)C4=NC(=O)C=CC34)ccc21)C1CCC(c2ccsc2[C@@](O)(C(=O)O)C2CCCC2)CC1. The first kappa shape index (κ1) is 36.4. The highest BCUT2D eigenvalue weighted by Crippen LogP contribution is 2.47. The molecular formula is C39H48N6O6S. The molecular weight excluding hydrogens is 681 g/mol. The molecule has 3 aliphatic carbocycles. The lowest BCUT2D eigenvalue weighted by atomic mass is 9.76. The molecule has 276 valence electrons. The number of amides is 1. The Balaban J connectivity index is 0.871. The number of carbonyl (C=O) groups is 2. The fraction of sp³-hybridized carbons (Fsp3) is 0.513. The Morgan fingerprint density at radius 2 is 1.92 bits per heavy atom. The molecule has 0 radical (unpaired) electrons. The molecule has 3 aromatic rings.